The molecule has 0 saturated heterocycles. The van der Waals surface area contributed by atoms with Gasteiger partial charge in [0, 0.05) is 89.6 Å². The van der Waals surface area contributed by atoms with E-state index in [-0.39, 0.29) is 44.1 Å². The van der Waals surface area contributed by atoms with E-state index in [9.17, 15) is 18.8 Å². The summed E-state index contributed by atoms with van der Waals surface area (Å²) in [6.07, 6.45) is 51.1. The minimum absolute atomic E-state index is 0. The van der Waals surface area contributed by atoms with E-state index in [2.05, 4.69) is 348 Å². The molecule has 0 radical (unpaired) electrons. The zero-order chi connectivity index (χ0) is 102. The first kappa shape index (κ1) is 114. The third kappa shape index (κ3) is 34.9. The molecule has 145 heavy (non-hydrogen) atoms. The number of para-hydroxylation sites is 7. The summed E-state index contributed by atoms with van der Waals surface area (Å²) >= 11 is 0. The van der Waals surface area contributed by atoms with Crippen molar-refractivity contribution in [3.63, 3.8) is 0 Å². The number of anilines is 10. The number of alkyl halides is 1. The largest absolute Gasteiger partial charge is 1.00 e. The van der Waals surface area contributed by atoms with Gasteiger partial charge in [0.15, 0.2) is 0 Å². The van der Waals surface area contributed by atoms with Crippen LogP contribution >= 0.6 is 0 Å². The summed E-state index contributed by atoms with van der Waals surface area (Å²) in [5.74, 6) is -2.27. The molecule has 0 aromatic heterocycles. The van der Waals surface area contributed by atoms with E-state index >= 15 is 0 Å². The van der Waals surface area contributed by atoms with Crippen molar-refractivity contribution in [3.05, 3.63) is 421 Å². The van der Waals surface area contributed by atoms with E-state index in [4.69, 9.17) is 24.7 Å². The molecule has 5 aliphatic heterocycles. The third-order valence-electron chi connectivity index (χ3n) is 27.6. The zero-order valence-electron chi connectivity index (χ0n) is 88.6. The fourth-order valence-electron chi connectivity index (χ4n) is 20.2. The van der Waals surface area contributed by atoms with Crippen molar-refractivity contribution in [1.29, 1.82) is 0 Å². The number of hydrogen-bond donors (Lipinski definition) is 2. The number of aliphatic carboxylic acids is 2. The van der Waals surface area contributed by atoms with Gasteiger partial charge in [-0.05, 0) is 301 Å². The molecule has 2 N–H and O–H groups in total. The van der Waals surface area contributed by atoms with Gasteiger partial charge >= 0.3 is 48.0 Å². The number of carboxylic acid groups (broad SMARTS) is 2. The van der Waals surface area contributed by atoms with Gasteiger partial charge in [0.1, 0.15) is 6.29 Å². The number of fused-ring (bicyclic) bond motifs is 12. The van der Waals surface area contributed by atoms with E-state index in [0.717, 1.165) is 121 Å². The molecule has 14 heteroatoms. The quantitative estimate of drug-likeness (QED) is 0.0105. The Morgan fingerprint density at radius 3 is 0.807 bits per heavy atom. The molecule has 6 aliphatic rings. The van der Waals surface area contributed by atoms with Crippen LogP contribution in [0.25, 0.3) is 27.9 Å². The van der Waals surface area contributed by atoms with Crippen molar-refractivity contribution < 1.29 is 61.3 Å². The monoisotopic (exact) mass is 1950 g/mol. The summed E-state index contributed by atoms with van der Waals surface area (Å²) < 4.78 is 15.5. The Bertz CT molecular complexity index is 5990. The topological polar surface area (TPSA) is 117 Å². The SMILES string of the molecule is C.C=Cc1ccc2c(c1)CCc1ccccc1N2CCCCCC.CCCCCCN1c2ccccc2CCc2cc(/C=C/C=O)ccc21.CCCCCCN1c2ccccc2CCc2ccccc21.CCCCCCN1c2ccccc2CCc2ccccc21.[2H]CF.[C-]#[N+]/C(=C\C=C\c1ccc2c(c1)CCc1ccccc1N2CCCCCC)C(=O)O.[C-]#[N+]CC(=O)O.[H-].[Na+].c1ccc2c(c1)CCc1ccccc1C2. The number of aryl methyl sites for hydroxylation is 12. The molecule has 5 heterocycles. The Kier molecular flexibility index (Phi) is 51.0. The number of nitrogens with zero attached hydrogens (tertiary/aromatic N) is 7. The molecule has 1 aliphatic carbocycles. The molecular formula is C131H157FN7NaO5. The van der Waals surface area contributed by atoms with Gasteiger partial charge in [-0.25, -0.2) is 16.2 Å². The maximum atomic E-state index is 11.0. The molecule has 0 atom stereocenters. The Morgan fingerprint density at radius 2 is 0.572 bits per heavy atom. The Morgan fingerprint density at radius 1 is 0.345 bits per heavy atom. The summed E-state index contributed by atoms with van der Waals surface area (Å²) in [6.45, 7) is 33.2. The van der Waals surface area contributed by atoms with Gasteiger partial charge in [-0.2, -0.15) is 0 Å². The van der Waals surface area contributed by atoms with Gasteiger partial charge in [0.2, 0.25) is 0 Å². The van der Waals surface area contributed by atoms with Gasteiger partial charge < -0.3 is 41.0 Å². The van der Waals surface area contributed by atoms with Crippen LogP contribution < -0.4 is 54.1 Å². The second-order valence-corrected chi connectivity index (χ2v) is 37.6. The number of carbonyl (C=O) groups excluding carboxylic acids is 1. The van der Waals surface area contributed by atoms with Crippen molar-refractivity contribution in [2.75, 3.05) is 70.9 Å². The van der Waals surface area contributed by atoms with Crippen LogP contribution in [0.1, 0.15) is 268 Å². The van der Waals surface area contributed by atoms with Gasteiger partial charge in [-0.1, -0.05) is 363 Å². The number of unbranched alkanes of at least 4 members (excludes halogenated alkanes) is 15. The molecular weight excluding hydrogens is 1790 g/mol. The first-order chi connectivity index (χ1) is 70.7. The average molecular weight is 1950 g/mol. The first-order valence-corrected chi connectivity index (χ1v) is 52.8. The summed E-state index contributed by atoms with van der Waals surface area (Å²) in [7, 11) is -1.00. The van der Waals surface area contributed by atoms with E-state index in [0.29, 0.717) is 0 Å². The van der Waals surface area contributed by atoms with Crippen LogP contribution in [0.15, 0.2) is 303 Å². The number of carbonyl (C=O) groups is 3. The van der Waals surface area contributed by atoms with E-state index < -0.39 is 25.6 Å². The Hall–Kier alpha value is -12.9. The maximum Gasteiger partial charge on any atom is 1.00 e. The zero-order valence-corrected chi connectivity index (χ0v) is 88.6. The summed E-state index contributed by atoms with van der Waals surface area (Å²) in [6, 6.07) is 99.5. The molecule has 12 aromatic rings. The van der Waals surface area contributed by atoms with E-state index in [1.54, 1.807) is 12.2 Å². The number of hydrogen-bond acceptors (Lipinski definition) is 8. The van der Waals surface area contributed by atoms with Gasteiger partial charge in [0.25, 0.3) is 5.70 Å². The summed E-state index contributed by atoms with van der Waals surface area (Å²) in [5, 5.41) is 16.7. The van der Waals surface area contributed by atoms with Gasteiger partial charge in [-0.3, -0.25) is 14.0 Å². The van der Waals surface area contributed by atoms with Crippen LogP contribution in [0.4, 0.5) is 61.3 Å². The molecule has 18 rings (SSSR count). The Balaban J connectivity index is 0.000000212. The molecule has 0 saturated carbocycles. The molecule has 0 amide bonds. The average Bonchev–Trinajstić information content (AvgIpc) is 1.69. The maximum absolute atomic E-state index is 11.0. The molecule has 12 nitrogen and oxygen atoms in total. The Labute approximate surface area is 893 Å². The van der Waals surface area contributed by atoms with Crippen molar-refractivity contribution >= 4 is 93.3 Å². The first-order valence-electron chi connectivity index (χ1n) is 53.5. The summed E-state index contributed by atoms with van der Waals surface area (Å²) in [4.78, 5) is 49.2. The predicted octanol–water partition coefficient (Wildman–Crippen LogP) is 31.0. The fraction of sp³-hybridized carbons (Fsp3) is 0.351. The standard InChI is InChI=1S/C26H28N2O2.C23H27NO.C22H27N.2C20H25N.C15H14.C3H3NO2.CH3F.CH4.Na.H/c1-3-4-5-8-18-28-24-13-7-6-11-21(24)15-16-22-19-20(14-17-25(22)28)10-9-12-23(27-2)26(29)30;1-2-3-4-7-16-24-22-11-6-5-10-20(22)13-14-21-18-19(9-8-17-25)12-15-23(21)24;1-3-5-6-9-16-23-21-11-8-7-10-19(21)13-14-20-17-18(4-2)12-15-22(20)23;2*1-2-3-4-9-16-21-19-12-7-5-10-17(19)14-15-18-11-6-8-13-20(18)21;1-3-7-14-11-15-8-4-2-6-13(15)10-9-12(14)5-1;1-4-2-3(5)6;1-2;;;/h6-7,9-14,17,19H,3-5,8,15-16,18H2,1H3,(H,29,30);5-6,8-12,15,17-18H,2-4,7,13-14,16H2,1H3;4,7-8,10-12,15,17H,2-3,5-6,9,13-14,16H2,1H3;2*5-8,10-13H,2-4,9,14-16H2,1H3;1-8H,9-11H2;2H2,(H,5,6);1H3;1H4;;/q;;;;;;;;;+1;-1/b10-9+,23-12-;9-8+;;;;;;;;;/i;;;;;;;1D;;;. The second kappa shape index (κ2) is 64.8. The van der Waals surface area contributed by atoms with E-state index in [1.807, 2.05) is 18.2 Å². The number of carboxylic acids is 2. The normalized spacial score (nSPS) is 12.9. The van der Waals surface area contributed by atoms with Crippen LogP contribution in [0, 0.1) is 13.1 Å². The number of rotatable bonds is 32. The predicted molar refractivity (Wildman–Crippen MR) is 611 cm³/mol. The van der Waals surface area contributed by atoms with Crippen LogP contribution in [0.3, 0.4) is 0 Å². The third-order valence-corrected chi connectivity index (χ3v) is 27.6. The smallest absolute Gasteiger partial charge is 1.00 e. The van der Waals surface area contributed by atoms with Crippen LogP contribution in [0.2, 0.25) is 0 Å². The van der Waals surface area contributed by atoms with Gasteiger partial charge in [-0.15, -0.1) is 0 Å². The van der Waals surface area contributed by atoms with Crippen LogP contribution in [-0.2, 0) is 97.9 Å². The van der Waals surface area contributed by atoms with E-state index in [1.165, 1.54) is 288 Å². The summed E-state index contributed by atoms with van der Waals surface area (Å²) in [5.41, 5.74) is 37.2. The van der Waals surface area contributed by atoms with Crippen molar-refractivity contribution in [1.82, 2.24) is 0 Å². The molecule has 0 bridgehead atoms. The minimum atomic E-state index is -1.20. The van der Waals surface area contributed by atoms with Crippen molar-refractivity contribution in [3.8, 4) is 0 Å². The van der Waals surface area contributed by atoms with Gasteiger partial charge in [0.05, 0.1) is 15.1 Å². The molecule has 12 aromatic carbocycles. The number of allylic oxidation sites excluding steroid dienone is 3. The molecule has 0 spiro atoms. The number of halogens is 1. The van der Waals surface area contributed by atoms with Crippen molar-refractivity contribution in [2.45, 2.75) is 254 Å². The molecule has 754 valence electrons. The number of aldehydes is 1. The van der Waals surface area contributed by atoms with Crippen molar-refractivity contribution in [2.24, 2.45) is 0 Å². The molecule has 0 unspecified atom stereocenters. The van der Waals surface area contributed by atoms with Crippen LogP contribution in [-0.4, -0.2) is 74.9 Å². The van der Waals surface area contributed by atoms with Crippen LogP contribution in [0.5, 0.6) is 0 Å². The minimum Gasteiger partial charge on any atom is -1.00 e. The number of benzene rings is 12. The fourth-order valence-corrected chi connectivity index (χ4v) is 20.2. The second-order valence-electron chi connectivity index (χ2n) is 37.6. The molecule has 0 fully saturated rings.